The van der Waals surface area contributed by atoms with Crippen LogP contribution in [-0.4, -0.2) is 26.7 Å². The molecule has 9 nitrogen and oxygen atoms in total. The molecule has 3 aromatic carbocycles. The summed E-state index contributed by atoms with van der Waals surface area (Å²) in [6.45, 7) is 1.94. The summed E-state index contributed by atoms with van der Waals surface area (Å²) in [6.07, 6.45) is 1.52. The predicted octanol–water partition coefficient (Wildman–Crippen LogP) is 4.16. The molecule has 0 radical (unpaired) electrons. The van der Waals surface area contributed by atoms with E-state index in [0.717, 1.165) is 17.2 Å². The number of sulfonamides is 1. The number of nitro benzene ring substituents is 1. The Kier molecular flexibility index (Phi) is 6.51. The van der Waals surface area contributed by atoms with Crippen molar-refractivity contribution >= 4 is 33.3 Å². The Balaban J connectivity index is 1.86. The highest BCUT2D eigenvalue weighted by Crippen LogP contribution is 2.30. The lowest BCUT2D eigenvalue weighted by Crippen LogP contribution is -2.14. The second-order valence-electron chi connectivity index (χ2n) is 6.53. The number of nitrogens with one attached hydrogen (secondary N) is 2. The molecule has 0 amide bonds. The Morgan fingerprint density at radius 2 is 1.81 bits per heavy atom. The number of rotatable bonds is 8. The Bertz CT molecular complexity index is 1240. The zero-order valence-corrected chi connectivity index (χ0v) is 17.6. The number of hydrogen-bond acceptors (Lipinski definition) is 7. The first-order chi connectivity index (χ1) is 14.8. The van der Waals surface area contributed by atoms with E-state index in [0.29, 0.717) is 5.75 Å². The van der Waals surface area contributed by atoms with Gasteiger partial charge >= 0.3 is 0 Å². The van der Waals surface area contributed by atoms with Crippen LogP contribution in [0, 0.1) is 17.0 Å². The number of hydrazone groups is 1. The van der Waals surface area contributed by atoms with E-state index in [9.17, 15) is 18.5 Å². The molecule has 160 valence electrons. The molecule has 3 rings (SSSR count). The topological polar surface area (TPSA) is 123 Å². The number of anilines is 2. The van der Waals surface area contributed by atoms with Gasteiger partial charge in [0.25, 0.3) is 15.7 Å². The van der Waals surface area contributed by atoms with Crippen molar-refractivity contribution in [3.8, 4) is 5.75 Å². The number of benzene rings is 3. The van der Waals surface area contributed by atoms with Gasteiger partial charge in [-0.25, -0.2) is 8.42 Å². The molecule has 0 aliphatic heterocycles. The standard InChI is InChI=1S/C21H20N4O5S/c1-15-6-5-7-16(12-15)14-22-23-18-11-10-17(13-20(18)25(26)27)31(28,29)24-19-8-3-4-9-21(19)30-2/h3-14,23-24H,1-2H3. The van der Waals surface area contributed by atoms with Crippen LogP contribution in [0.2, 0.25) is 0 Å². The fourth-order valence-electron chi connectivity index (χ4n) is 2.78. The third-order valence-electron chi connectivity index (χ3n) is 4.27. The van der Waals surface area contributed by atoms with Gasteiger partial charge in [-0.1, -0.05) is 42.0 Å². The number of nitrogens with zero attached hydrogens (tertiary/aromatic N) is 2. The van der Waals surface area contributed by atoms with Crippen LogP contribution in [0.15, 0.2) is 76.7 Å². The lowest BCUT2D eigenvalue weighted by molar-refractivity contribution is -0.384. The first-order valence-corrected chi connectivity index (χ1v) is 10.6. The van der Waals surface area contributed by atoms with Crippen LogP contribution in [0.3, 0.4) is 0 Å². The number of para-hydroxylation sites is 2. The molecule has 2 N–H and O–H groups in total. The molecule has 10 heteroatoms. The van der Waals surface area contributed by atoms with Gasteiger partial charge in [-0.15, -0.1) is 0 Å². The lowest BCUT2D eigenvalue weighted by Gasteiger charge is -2.12. The van der Waals surface area contributed by atoms with E-state index in [1.807, 2.05) is 31.2 Å². The molecule has 0 fully saturated rings. The Morgan fingerprint density at radius 3 is 2.52 bits per heavy atom. The fourth-order valence-corrected chi connectivity index (χ4v) is 3.87. The molecule has 0 heterocycles. The first-order valence-electron chi connectivity index (χ1n) is 9.10. The second kappa shape index (κ2) is 9.26. The van der Waals surface area contributed by atoms with Crippen molar-refractivity contribution in [3.05, 3.63) is 88.0 Å². The van der Waals surface area contributed by atoms with Crippen LogP contribution in [-0.2, 0) is 10.0 Å². The van der Waals surface area contributed by atoms with Crippen LogP contribution in [0.25, 0.3) is 0 Å². The van der Waals surface area contributed by atoms with Gasteiger partial charge in [-0.3, -0.25) is 20.3 Å². The van der Waals surface area contributed by atoms with Crippen LogP contribution < -0.4 is 14.9 Å². The van der Waals surface area contributed by atoms with Gasteiger partial charge in [0.2, 0.25) is 0 Å². The van der Waals surface area contributed by atoms with E-state index in [1.165, 1.54) is 31.5 Å². The van der Waals surface area contributed by atoms with Crippen molar-refractivity contribution in [3.63, 3.8) is 0 Å². The Morgan fingerprint density at radius 1 is 1.03 bits per heavy atom. The lowest BCUT2D eigenvalue weighted by atomic mass is 10.2. The highest BCUT2D eigenvalue weighted by molar-refractivity contribution is 7.92. The Hall–Kier alpha value is -3.92. The van der Waals surface area contributed by atoms with Crippen molar-refractivity contribution < 1.29 is 18.1 Å². The quantitative estimate of drug-likeness (QED) is 0.308. The van der Waals surface area contributed by atoms with Gasteiger partial charge in [0.1, 0.15) is 11.4 Å². The van der Waals surface area contributed by atoms with Crippen molar-refractivity contribution in [2.24, 2.45) is 5.10 Å². The molecule has 0 spiro atoms. The molecule has 0 unspecified atom stereocenters. The molecule has 0 saturated heterocycles. The summed E-state index contributed by atoms with van der Waals surface area (Å²) in [6, 6.07) is 17.5. The van der Waals surface area contributed by atoms with Crippen molar-refractivity contribution in [1.29, 1.82) is 0 Å². The van der Waals surface area contributed by atoms with Crippen molar-refractivity contribution in [2.75, 3.05) is 17.3 Å². The van der Waals surface area contributed by atoms with Gasteiger partial charge in [0.05, 0.1) is 28.8 Å². The summed E-state index contributed by atoms with van der Waals surface area (Å²) >= 11 is 0. The average Bonchev–Trinajstić information content (AvgIpc) is 2.74. The summed E-state index contributed by atoms with van der Waals surface area (Å²) in [4.78, 5) is 10.6. The van der Waals surface area contributed by atoms with E-state index in [4.69, 9.17) is 4.74 Å². The summed E-state index contributed by atoms with van der Waals surface area (Å²) in [7, 11) is -2.68. The summed E-state index contributed by atoms with van der Waals surface area (Å²) in [5.74, 6) is 0.323. The molecular weight excluding hydrogens is 420 g/mol. The van der Waals surface area contributed by atoms with E-state index in [-0.39, 0.29) is 16.3 Å². The molecule has 31 heavy (non-hydrogen) atoms. The maximum absolute atomic E-state index is 12.7. The average molecular weight is 440 g/mol. The summed E-state index contributed by atoms with van der Waals surface area (Å²) < 4.78 is 33.0. The summed E-state index contributed by atoms with van der Waals surface area (Å²) in [5.41, 5.74) is 4.32. The maximum atomic E-state index is 12.7. The van der Waals surface area contributed by atoms with Crippen molar-refractivity contribution in [1.82, 2.24) is 0 Å². The maximum Gasteiger partial charge on any atom is 0.295 e. The molecule has 0 atom stereocenters. The van der Waals surface area contributed by atoms with Crippen LogP contribution in [0.5, 0.6) is 5.75 Å². The number of hydrogen-bond donors (Lipinski definition) is 2. The Labute approximate surface area is 179 Å². The van der Waals surface area contributed by atoms with E-state index in [2.05, 4.69) is 15.2 Å². The van der Waals surface area contributed by atoms with Gasteiger partial charge < -0.3 is 4.74 Å². The van der Waals surface area contributed by atoms with Crippen LogP contribution in [0.1, 0.15) is 11.1 Å². The van der Waals surface area contributed by atoms with Crippen LogP contribution >= 0.6 is 0 Å². The minimum absolute atomic E-state index is 0.0603. The molecule has 0 saturated carbocycles. The number of nitro groups is 1. The highest BCUT2D eigenvalue weighted by Gasteiger charge is 2.22. The third-order valence-corrected chi connectivity index (χ3v) is 5.63. The smallest absolute Gasteiger partial charge is 0.295 e. The molecule has 3 aromatic rings. The largest absolute Gasteiger partial charge is 0.495 e. The predicted molar refractivity (Wildman–Crippen MR) is 119 cm³/mol. The second-order valence-corrected chi connectivity index (χ2v) is 8.21. The van der Waals surface area contributed by atoms with Gasteiger partial charge in [0, 0.05) is 6.07 Å². The summed E-state index contributed by atoms with van der Waals surface area (Å²) in [5, 5.41) is 15.5. The van der Waals surface area contributed by atoms with Gasteiger partial charge in [-0.05, 0) is 36.8 Å². The van der Waals surface area contributed by atoms with Crippen molar-refractivity contribution in [2.45, 2.75) is 11.8 Å². The third kappa shape index (κ3) is 5.37. The normalized spacial score (nSPS) is 11.3. The van der Waals surface area contributed by atoms with Crippen LogP contribution in [0.4, 0.5) is 17.1 Å². The first kappa shape index (κ1) is 21.8. The molecule has 0 bridgehead atoms. The zero-order valence-electron chi connectivity index (χ0n) is 16.8. The fraction of sp³-hybridized carbons (Fsp3) is 0.0952. The highest BCUT2D eigenvalue weighted by atomic mass is 32.2. The van der Waals surface area contributed by atoms with E-state index < -0.39 is 20.6 Å². The molecule has 0 aromatic heterocycles. The van der Waals surface area contributed by atoms with Gasteiger partial charge in [-0.2, -0.15) is 5.10 Å². The molecule has 0 aliphatic carbocycles. The number of aryl methyl sites for hydroxylation is 1. The number of methoxy groups -OCH3 is 1. The van der Waals surface area contributed by atoms with E-state index in [1.54, 1.807) is 18.2 Å². The van der Waals surface area contributed by atoms with Gasteiger partial charge in [0.15, 0.2) is 0 Å². The van der Waals surface area contributed by atoms with E-state index >= 15 is 0 Å². The minimum Gasteiger partial charge on any atom is -0.495 e. The molecule has 0 aliphatic rings. The zero-order chi connectivity index (χ0) is 22.4. The minimum atomic E-state index is -4.09. The SMILES string of the molecule is COc1ccccc1NS(=O)(=O)c1ccc(NN=Cc2cccc(C)c2)c([N+](=O)[O-])c1. The molecular formula is C21H20N4O5S. The number of ether oxygens (including phenoxy) is 1. The monoisotopic (exact) mass is 440 g/mol.